The molecule has 1 saturated carbocycles. The van der Waals surface area contributed by atoms with Crippen molar-refractivity contribution in [3.8, 4) is 0 Å². The first-order chi connectivity index (χ1) is 9.91. The predicted octanol–water partition coefficient (Wildman–Crippen LogP) is 1.34. The zero-order chi connectivity index (χ0) is 15.5. The molecule has 21 heavy (non-hydrogen) atoms. The number of amides is 1. The molecule has 0 aromatic heterocycles. The third kappa shape index (κ3) is 4.04. The van der Waals surface area contributed by atoms with Gasteiger partial charge in [0.25, 0.3) is 5.91 Å². The van der Waals surface area contributed by atoms with Gasteiger partial charge in [0.05, 0.1) is 4.90 Å². The van der Waals surface area contributed by atoms with Crippen molar-refractivity contribution in [3.05, 3.63) is 29.8 Å². The third-order valence-corrected chi connectivity index (χ3v) is 5.17. The van der Waals surface area contributed by atoms with E-state index >= 15 is 0 Å². The van der Waals surface area contributed by atoms with Crippen LogP contribution in [0, 0.1) is 5.92 Å². The summed E-state index contributed by atoms with van der Waals surface area (Å²) in [6.07, 6.45) is 5.67. The SMILES string of the molecule is CS(=O)(=O)c1cccc(C(=O)NC(CN)C2CCCC2)c1. The molecule has 0 spiro atoms. The first-order valence-corrected chi connectivity index (χ1v) is 9.12. The molecule has 1 amide bonds. The molecule has 1 aromatic rings. The minimum atomic E-state index is -3.31. The lowest BCUT2D eigenvalue weighted by Crippen LogP contribution is -2.44. The molecule has 1 aliphatic rings. The van der Waals surface area contributed by atoms with Gasteiger partial charge in [-0.2, -0.15) is 0 Å². The first kappa shape index (κ1) is 16.0. The second kappa shape index (κ2) is 6.58. The van der Waals surface area contributed by atoms with Gasteiger partial charge < -0.3 is 11.1 Å². The number of carbonyl (C=O) groups excluding carboxylic acids is 1. The Hall–Kier alpha value is -1.40. The van der Waals surface area contributed by atoms with Crippen LogP contribution in [0.15, 0.2) is 29.2 Å². The summed E-state index contributed by atoms with van der Waals surface area (Å²) in [5.74, 6) is 0.167. The molecule has 5 nitrogen and oxygen atoms in total. The average Bonchev–Trinajstić information content (AvgIpc) is 2.97. The van der Waals surface area contributed by atoms with E-state index in [0.29, 0.717) is 18.0 Å². The number of nitrogens with one attached hydrogen (secondary N) is 1. The fourth-order valence-electron chi connectivity index (χ4n) is 2.85. The fourth-order valence-corrected chi connectivity index (χ4v) is 3.52. The highest BCUT2D eigenvalue weighted by Gasteiger charge is 2.25. The molecule has 0 aliphatic heterocycles. The maximum absolute atomic E-state index is 12.3. The fraction of sp³-hybridized carbons (Fsp3) is 0.533. The van der Waals surface area contributed by atoms with E-state index in [9.17, 15) is 13.2 Å². The van der Waals surface area contributed by atoms with Crippen LogP contribution in [0.5, 0.6) is 0 Å². The van der Waals surface area contributed by atoms with Gasteiger partial charge in [0.1, 0.15) is 0 Å². The van der Waals surface area contributed by atoms with E-state index in [-0.39, 0.29) is 16.8 Å². The Labute approximate surface area is 125 Å². The van der Waals surface area contributed by atoms with Crippen molar-refractivity contribution in [2.45, 2.75) is 36.6 Å². The molecule has 2 rings (SSSR count). The second-order valence-corrected chi connectivity index (χ2v) is 7.68. The van der Waals surface area contributed by atoms with Crippen molar-refractivity contribution < 1.29 is 13.2 Å². The predicted molar refractivity (Wildman–Crippen MR) is 81.8 cm³/mol. The van der Waals surface area contributed by atoms with Crippen LogP contribution in [-0.4, -0.2) is 33.2 Å². The van der Waals surface area contributed by atoms with E-state index in [1.807, 2.05) is 0 Å². The highest BCUT2D eigenvalue weighted by molar-refractivity contribution is 7.90. The molecule has 1 aliphatic carbocycles. The van der Waals surface area contributed by atoms with Crippen LogP contribution >= 0.6 is 0 Å². The maximum Gasteiger partial charge on any atom is 0.251 e. The number of benzene rings is 1. The zero-order valence-electron chi connectivity index (χ0n) is 12.2. The Morgan fingerprint density at radius 1 is 1.38 bits per heavy atom. The molecule has 0 heterocycles. The Kier molecular flexibility index (Phi) is 5.00. The smallest absolute Gasteiger partial charge is 0.251 e. The number of sulfone groups is 1. The van der Waals surface area contributed by atoms with E-state index in [2.05, 4.69) is 5.32 Å². The molecule has 0 radical (unpaired) electrons. The second-order valence-electron chi connectivity index (χ2n) is 5.66. The monoisotopic (exact) mass is 310 g/mol. The number of carbonyl (C=O) groups is 1. The van der Waals surface area contributed by atoms with Crippen molar-refractivity contribution in [2.24, 2.45) is 11.7 Å². The average molecular weight is 310 g/mol. The molecule has 1 aromatic carbocycles. The first-order valence-electron chi connectivity index (χ1n) is 7.23. The van der Waals surface area contributed by atoms with Crippen molar-refractivity contribution in [2.75, 3.05) is 12.8 Å². The van der Waals surface area contributed by atoms with Gasteiger partial charge in [0, 0.05) is 24.4 Å². The van der Waals surface area contributed by atoms with E-state index in [4.69, 9.17) is 5.73 Å². The van der Waals surface area contributed by atoms with E-state index in [1.165, 1.54) is 25.0 Å². The Balaban J connectivity index is 2.12. The largest absolute Gasteiger partial charge is 0.348 e. The van der Waals surface area contributed by atoms with Gasteiger partial charge in [-0.05, 0) is 37.0 Å². The van der Waals surface area contributed by atoms with Gasteiger partial charge in [-0.3, -0.25) is 4.79 Å². The van der Waals surface area contributed by atoms with E-state index in [1.54, 1.807) is 12.1 Å². The maximum atomic E-state index is 12.3. The lowest BCUT2D eigenvalue weighted by Gasteiger charge is -2.23. The van der Waals surface area contributed by atoms with Crippen LogP contribution in [0.25, 0.3) is 0 Å². The van der Waals surface area contributed by atoms with Crippen molar-refractivity contribution in [1.29, 1.82) is 0 Å². The highest BCUT2D eigenvalue weighted by atomic mass is 32.2. The van der Waals surface area contributed by atoms with Crippen LogP contribution in [0.3, 0.4) is 0 Å². The number of hydrogen-bond donors (Lipinski definition) is 2. The zero-order valence-corrected chi connectivity index (χ0v) is 13.0. The summed E-state index contributed by atoms with van der Waals surface area (Å²) in [6.45, 7) is 0.405. The highest BCUT2D eigenvalue weighted by Crippen LogP contribution is 2.27. The van der Waals surface area contributed by atoms with Crippen LogP contribution in [0.4, 0.5) is 0 Å². The Morgan fingerprint density at radius 2 is 2.05 bits per heavy atom. The summed E-state index contributed by atoms with van der Waals surface area (Å²) >= 11 is 0. The van der Waals surface area contributed by atoms with E-state index < -0.39 is 9.84 Å². The van der Waals surface area contributed by atoms with Crippen molar-refractivity contribution >= 4 is 15.7 Å². The topological polar surface area (TPSA) is 89.3 Å². The summed E-state index contributed by atoms with van der Waals surface area (Å²) in [7, 11) is -3.31. The molecule has 1 fully saturated rings. The molecule has 6 heteroatoms. The van der Waals surface area contributed by atoms with Gasteiger partial charge in [0.2, 0.25) is 0 Å². The Bertz CT molecular complexity index is 607. The standard InChI is InChI=1S/C15H22N2O3S/c1-21(19,20)13-8-4-7-12(9-13)15(18)17-14(10-16)11-5-2-3-6-11/h4,7-9,11,14H,2-3,5-6,10,16H2,1H3,(H,17,18). The van der Waals surface area contributed by atoms with Gasteiger partial charge in [-0.25, -0.2) is 8.42 Å². The minimum absolute atomic E-state index is 0.0399. The molecular weight excluding hydrogens is 288 g/mol. The van der Waals surface area contributed by atoms with Crippen LogP contribution in [0.1, 0.15) is 36.0 Å². The summed E-state index contributed by atoms with van der Waals surface area (Å²) < 4.78 is 23.1. The molecule has 1 atom stereocenters. The van der Waals surface area contributed by atoms with Gasteiger partial charge in [-0.15, -0.1) is 0 Å². The summed E-state index contributed by atoms with van der Waals surface area (Å²) in [4.78, 5) is 12.4. The summed E-state index contributed by atoms with van der Waals surface area (Å²) in [5.41, 5.74) is 6.12. The molecule has 1 unspecified atom stereocenters. The normalized spacial score (nSPS) is 17.6. The molecular formula is C15H22N2O3S. The van der Waals surface area contributed by atoms with Gasteiger partial charge in [-0.1, -0.05) is 18.9 Å². The van der Waals surface area contributed by atoms with Crippen LogP contribution in [-0.2, 0) is 9.84 Å². The molecule has 3 N–H and O–H groups in total. The Morgan fingerprint density at radius 3 is 2.62 bits per heavy atom. The quantitative estimate of drug-likeness (QED) is 0.859. The van der Waals surface area contributed by atoms with Crippen molar-refractivity contribution in [1.82, 2.24) is 5.32 Å². The molecule has 0 bridgehead atoms. The van der Waals surface area contributed by atoms with Gasteiger partial charge in [0.15, 0.2) is 9.84 Å². The molecule has 0 saturated heterocycles. The number of nitrogens with two attached hydrogens (primary N) is 1. The number of rotatable bonds is 5. The van der Waals surface area contributed by atoms with Crippen LogP contribution in [0.2, 0.25) is 0 Å². The molecule has 116 valence electrons. The van der Waals surface area contributed by atoms with Crippen molar-refractivity contribution in [3.63, 3.8) is 0 Å². The number of hydrogen-bond acceptors (Lipinski definition) is 4. The third-order valence-electron chi connectivity index (χ3n) is 4.06. The summed E-state index contributed by atoms with van der Waals surface area (Å²) in [5, 5.41) is 2.94. The lowest BCUT2D eigenvalue weighted by molar-refractivity contribution is 0.0924. The van der Waals surface area contributed by atoms with Crippen LogP contribution < -0.4 is 11.1 Å². The minimum Gasteiger partial charge on any atom is -0.348 e. The van der Waals surface area contributed by atoms with Gasteiger partial charge >= 0.3 is 0 Å². The van der Waals surface area contributed by atoms with E-state index in [0.717, 1.165) is 19.1 Å². The lowest BCUT2D eigenvalue weighted by atomic mass is 9.98. The summed E-state index contributed by atoms with van der Waals surface area (Å²) in [6, 6.07) is 6.06.